The van der Waals surface area contributed by atoms with Crippen LogP contribution in [0, 0.1) is 10.1 Å². The van der Waals surface area contributed by atoms with Crippen molar-refractivity contribution in [1.82, 2.24) is 0 Å². The third-order valence-electron chi connectivity index (χ3n) is 2.42. The molecule has 1 rings (SSSR count). The van der Waals surface area contributed by atoms with Gasteiger partial charge in [-0.2, -0.15) is 0 Å². The molecule has 1 N–H and O–H groups in total. The van der Waals surface area contributed by atoms with Crippen molar-refractivity contribution >= 4 is 17.6 Å². The van der Waals surface area contributed by atoms with Crippen LogP contribution in [0.15, 0.2) is 18.2 Å². The zero-order valence-corrected chi connectivity index (χ0v) is 10.7. The van der Waals surface area contributed by atoms with Gasteiger partial charge in [-0.1, -0.05) is 0 Å². The van der Waals surface area contributed by atoms with Crippen LogP contribution in [0.3, 0.4) is 0 Å². The highest BCUT2D eigenvalue weighted by Gasteiger charge is 2.20. The van der Waals surface area contributed by atoms with Crippen LogP contribution in [0.1, 0.15) is 23.2 Å². The van der Waals surface area contributed by atoms with E-state index in [0.717, 1.165) is 12.1 Å². The topological polar surface area (TPSA) is 116 Å². The minimum absolute atomic E-state index is 0.165. The molecule has 0 aliphatic heterocycles. The van der Waals surface area contributed by atoms with Gasteiger partial charge < -0.3 is 14.6 Å². The van der Waals surface area contributed by atoms with E-state index in [1.807, 2.05) is 0 Å². The van der Waals surface area contributed by atoms with Crippen molar-refractivity contribution in [3.8, 4) is 5.75 Å². The van der Waals surface area contributed by atoms with E-state index in [0.29, 0.717) is 6.42 Å². The highest BCUT2D eigenvalue weighted by atomic mass is 16.6. The number of ether oxygens (including phenoxy) is 2. The first-order valence-electron chi connectivity index (χ1n) is 5.67. The van der Waals surface area contributed by atoms with E-state index in [2.05, 4.69) is 4.74 Å². The molecule has 0 saturated heterocycles. The number of hydrogen-bond acceptors (Lipinski definition) is 6. The summed E-state index contributed by atoms with van der Waals surface area (Å²) in [4.78, 5) is 31.6. The first kappa shape index (κ1) is 15.4. The molecule has 0 amide bonds. The Morgan fingerprint density at radius 2 is 2.10 bits per heavy atom. The number of carbonyl (C=O) groups is 2. The summed E-state index contributed by atoms with van der Waals surface area (Å²) < 4.78 is 9.67. The number of nitro benzene ring substituents is 1. The molecule has 1 aromatic carbocycles. The van der Waals surface area contributed by atoms with E-state index < -0.39 is 22.1 Å². The van der Waals surface area contributed by atoms with Gasteiger partial charge in [-0.15, -0.1) is 0 Å². The molecule has 108 valence electrons. The van der Waals surface area contributed by atoms with E-state index in [1.54, 1.807) is 0 Å². The number of nitrogens with zero attached hydrogens (tertiary/aromatic N) is 1. The summed E-state index contributed by atoms with van der Waals surface area (Å²) in [6.45, 7) is 0.165. The Labute approximate surface area is 114 Å². The van der Waals surface area contributed by atoms with Gasteiger partial charge >= 0.3 is 11.9 Å². The molecule has 0 atom stereocenters. The lowest BCUT2D eigenvalue weighted by molar-refractivity contribution is -0.385. The Kier molecular flexibility index (Phi) is 5.45. The third-order valence-corrected chi connectivity index (χ3v) is 2.42. The molecule has 0 aliphatic carbocycles. The largest absolute Gasteiger partial charge is 0.493 e. The molecule has 0 saturated carbocycles. The van der Waals surface area contributed by atoms with Gasteiger partial charge in [0.05, 0.1) is 24.7 Å². The van der Waals surface area contributed by atoms with Crippen LogP contribution < -0.4 is 4.74 Å². The van der Waals surface area contributed by atoms with Gasteiger partial charge in [0.1, 0.15) is 11.3 Å². The quantitative estimate of drug-likeness (QED) is 0.350. The summed E-state index contributed by atoms with van der Waals surface area (Å²) >= 11 is 0. The van der Waals surface area contributed by atoms with Crippen LogP contribution in [0.2, 0.25) is 0 Å². The first-order valence-corrected chi connectivity index (χ1v) is 5.67. The predicted octanol–water partition coefficient (Wildman–Crippen LogP) is 1.62. The Morgan fingerprint density at radius 1 is 1.40 bits per heavy atom. The second-order valence-corrected chi connectivity index (χ2v) is 3.77. The summed E-state index contributed by atoms with van der Waals surface area (Å²) in [6, 6.07) is 3.48. The van der Waals surface area contributed by atoms with Crippen molar-refractivity contribution in [2.45, 2.75) is 12.8 Å². The molecule has 0 radical (unpaired) electrons. The fourth-order valence-electron chi connectivity index (χ4n) is 1.44. The number of aromatic carboxylic acids is 1. The number of carboxylic acid groups (broad SMARTS) is 1. The van der Waals surface area contributed by atoms with Gasteiger partial charge in [-0.3, -0.25) is 14.9 Å². The maximum Gasteiger partial charge on any atom is 0.342 e. The Bertz CT molecular complexity index is 527. The van der Waals surface area contributed by atoms with Crippen molar-refractivity contribution < 1.29 is 29.1 Å². The zero-order valence-electron chi connectivity index (χ0n) is 10.7. The maximum absolute atomic E-state index is 10.9. The van der Waals surface area contributed by atoms with Gasteiger partial charge in [-0.25, -0.2) is 4.79 Å². The second-order valence-electron chi connectivity index (χ2n) is 3.77. The average molecular weight is 283 g/mol. The summed E-state index contributed by atoms with van der Waals surface area (Å²) in [7, 11) is 1.27. The molecular weight excluding hydrogens is 270 g/mol. The molecule has 0 heterocycles. The van der Waals surface area contributed by atoms with Crippen LogP contribution in [0.25, 0.3) is 0 Å². The normalized spacial score (nSPS) is 9.85. The van der Waals surface area contributed by atoms with E-state index in [4.69, 9.17) is 9.84 Å². The number of hydrogen-bond donors (Lipinski definition) is 1. The van der Waals surface area contributed by atoms with Gasteiger partial charge in [0.25, 0.3) is 5.69 Å². The third kappa shape index (κ3) is 4.23. The molecule has 8 nitrogen and oxygen atoms in total. The van der Waals surface area contributed by atoms with Gasteiger partial charge in [0.15, 0.2) is 0 Å². The molecular formula is C12H13NO7. The Hall–Kier alpha value is -2.64. The average Bonchev–Trinajstić information content (AvgIpc) is 2.42. The Morgan fingerprint density at radius 3 is 2.65 bits per heavy atom. The van der Waals surface area contributed by atoms with E-state index in [-0.39, 0.29) is 24.7 Å². The van der Waals surface area contributed by atoms with Crippen molar-refractivity contribution in [1.29, 1.82) is 0 Å². The smallest absolute Gasteiger partial charge is 0.342 e. The molecule has 0 spiro atoms. The number of methoxy groups -OCH3 is 1. The summed E-state index contributed by atoms with van der Waals surface area (Å²) in [6.07, 6.45) is 0.562. The Balaban J connectivity index is 2.68. The number of esters is 1. The van der Waals surface area contributed by atoms with Crippen LogP contribution >= 0.6 is 0 Å². The molecule has 0 aliphatic rings. The van der Waals surface area contributed by atoms with E-state index >= 15 is 0 Å². The van der Waals surface area contributed by atoms with Crippen molar-refractivity contribution in [3.05, 3.63) is 33.9 Å². The molecule has 0 aromatic heterocycles. The molecule has 20 heavy (non-hydrogen) atoms. The van der Waals surface area contributed by atoms with E-state index in [1.165, 1.54) is 13.2 Å². The summed E-state index contributed by atoms with van der Waals surface area (Å²) in [5, 5.41) is 19.6. The first-order chi connectivity index (χ1) is 9.45. The number of carboxylic acids is 1. The lowest BCUT2D eigenvalue weighted by Gasteiger charge is -2.06. The standard InChI is InChI=1S/C12H13NO7/c1-19-11(14)3-2-6-20-8-4-5-9(12(15)16)10(7-8)13(17)18/h4-5,7H,2-3,6H2,1H3,(H,15,16). The van der Waals surface area contributed by atoms with Crippen molar-refractivity contribution in [2.75, 3.05) is 13.7 Å². The fraction of sp³-hybridized carbons (Fsp3) is 0.333. The summed E-state index contributed by atoms with van der Waals surface area (Å²) in [5.74, 6) is -1.58. The molecule has 0 bridgehead atoms. The fourth-order valence-corrected chi connectivity index (χ4v) is 1.44. The monoisotopic (exact) mass is 283 g/mol. The predicted molar refractivity (Wildman–Crippen MR) is 66.8 cm³/mol. The van der Waals surface area contributed by atoms with Gasteiger partial charge in [-0.05, 0) is 18.6 Å². The molecule has 8 heteroatoms. The van der Waals surface area contributed by atoms with Gasteiger partial charge in [0, 0.05) is 6.42 Å². The lowest BCUT2D eigenvalue weighted by Crippen LogP contribution is -2.06. The number of rotatable bonds is 7. The second kappa shape index (κ2) is 7.07. The van der Waals surface area contributed by atoms with Gasteiger partial charge in [0.2, 0.25) is 0 Å². The van der Waals surface area contributed by atoms with Crippen LogP contribution in [-0.2, 0) is 9.53 Å². The van der Waals surface area contributed by atoms with Crippen LogP contribution in [0.5, 0.6) is 5.75 Å². The molecule has 1 aromatic rings. The SMILES string of the molecule is COC(=O)CCCOc1ccc(C(=O)O)c([N+](=O)[O-])c1. The molecule has 0 fully saturated rings. The minimum Gasteiger partial charge on any atom is -0.493 e. The number of benzene rings is 1. The number of nitro groups is 1. The summed E-state index contributed by atoms with van der Waals surface area (Å²) in [5.41, 5.74) is -0.945. The van der Waals surface area contributed by atoms with Crippen molar-refractivity contribution in [3.63, 3.8) is 0 Å². The van der Waals surface area contributed by atoms with E-state index in [9.17, 15) is 19.7 Å². The highest BCUT2D eigenvalue weighted by molar-refractivity contribution is 5.92. The molecule has 0 unspecified atom stereocenters. The lowest BCUT2D eigenvalue weighted by atomic mass is 10.2. The zero-order chi connectivity index (χ0) is 15.1. The van der Waals surface area contributed by atoms with Crippen LogP contribution in [-0.4, -0.2) is 35.7 Å². The maximum atomic E-state index is 10.9. The minimum atomic E-state index is -1.38. The highest BCUT2D eigenvalue weighted by Crippen LogP contribution is 2.24. The van der Waals surface area contributed by atoms with Crippen LogP contribution in [0.4, 0.5) is 5.69 Å². The van der Waals surface area contributed by atoms with Crippen molar-refractivity contribution in [2.24, 2.45) is 0 Å². The number of carbonyl (C=O) groups excluding carboxylic acids is 1.